The molecule has 0 aromatic carbocycles. The van der Waals surface area contributed by atoms with Crippen LogP contribution in [0, 0.1) is 0 Å². The maximum Gasteiger partial charge on any atom is 0.256 e. The van der Waals surface area contributed by atoms with E-state index in [-0.39, 0.29) is 17.2 Å². The van der Waals surface area contributed by atoms with Crippen molar-refractivity contribution in [2.45, 2.75) is 19.5 Å². The molecule has 17 heavy (non-hydrogen) atoms. The van der Waals surface area contributed by atoms with Gasteiger partial charge in [0.25, 0.3) is 5.91 Å². The monoisotopic (exact) mass is 253 g/mol. The standard InChI is InChI=1S/C11H12ClN3O2/c1-8(6-15-4-3-13-7-15)14-11(16)9-2-5-17-10(9)12/h2-5,7-8H,6H2,1H3,(H,14,16). The van der Waals surface area contributed by atoms with E-state index < -0.39 is 0 Å². The van der Waals surface area contributed by atoms with Crippen LogP contribution in [0.1, 0.15) is 17.3 Å². The molecule has 1 N–H and O–H groups in total. The Morgan fingerprint density at radius 3 is 3.12 bits per heavy atom. The molecule has 0 fully saturated rings. The van der Waals surface area contributed by atoms with E-state index in [1.165, 1.54) is 6.26 Å². The van der Waals surface area contributed by atoms with E-state index in [1.54, 1.807) is 18.6 Å². The predicted molar refractivity (Wildman–Crippen MR) is 62.9 cm³/mol. The zero-order chi connectivity index (χ0) is 12.3. The number of hydrogen-bond acceptors (Lipinski definition) is 3. The van der Waals surface area contributed by atoms with E-state index in [0.717, 1.165) is 0 Å². The molecule has 0 bridgehead atoms. The van der Waals surface area contributed by atoms with Crippen molar-refractivity contribution >= 4 is 17.5 Å². The van der Waals surface area contributed by atoms with Gasteiger partial charge in [0.1, 0.15) is 0 Å². The zero-order valence-electron chi connectivity index (χ0n) is 9.26. The van der Waals surface area contributed by atoms with E-state index in [1.807, 2.05) is 17.7 Å². The van der Waals surface area contributed by atoms with Gasteiger partial charge in [-0.25, -0.2) is 4.98 Å². The lowest BCUT2D eigenvalue weighted by molar-refractivity contribution is 0.0936. The number of hydrogen-bond donors (Lipinski definition) is 1. The first-order chi connectivity index (χ1) is 8.16. The second-order valence-corrected chi connectivity index (χ2v) is 4.09. The molecule has 1 atom stereocenters. The van der Waals surface area contributed by atoms with Crippen LogP contribution in [0.15, 0.2) is 35.5 Å². The topological polar surface area (TPSA) is 60.1 Å². The van der Waals surface area contributed by atoms with Crippen molar-refractivity contribution in [3.05, 3.63) is 41.8 Å². The molecular formula is C11H12ClN3O2. The Hall–Kier alpha value is -1.75. The molecule has 0 aliphatic heterocycles. The van der Waals surface area contributed by atoms with Crippen LogP contribution >= 0.6 is 11.6 Å². The highest BCUT2D eigenvalue weighted by Crippen LogP contribution is 2.16. The van der Waals surface area contributed by atoms with Crippen molar-refractivity contribution in [3.8, 4) is 0 Å². The van der Waals surface area contributed by atoms with Crippen LogP contribution in [-0.4, -0.2) is 21.5 Å². The van der Waals surface area contributed by atoms with Gasteiger partial charge < -0.3 is 14.3 Å². The summed E-state index contributed by atoms with van der Waals surface area (Å²) in [5.41, 5.74) is 0.351. The second-order valence-electron chi connectivity index (χ2n) is 3.74. The van der Waals surface area contributed by atoms with Gasteiger partial charge in [0.2, 0.25) is 5.22 Å². The van der Waals surface area contributed by atoms with Crippen LogP contribution in [-0.2, 0) is 6.54 Å². The van der Waals surface area contributed by atoms with Gasteiger partial charge in [-0.15, -0.1) is 0 Å². The van der Waals surface area contributed by atoms with E-state index in [0.29, 0.717) is 12.1 Å². The first-order valence-electron chi connectivity index (χ1n) is 5.16. The predicted octanol–water partition coefficient (Wildman–Crippen LogP) is 1.95. The van der Waals surface area contributed by atoms with Gasteiger partial charge in [-0.2, -0.15) is 0 Å². The Bertz CT molecular complexity index is 493. The summed E-state index contributed by atoms with van der Waals surface area (Å²) < 4.78 is 6.75. The Morgan fingerprint density at radius 2 is 2.53 bits per heavy atom. The quantitative estimate of drug-likeness (QED) is 0.906. The number of carbonyl (C=O) groups excluding carboxylic acids is 1. The summed E-state index contributed by atoms with van der Waals surface area (Å²) in [5, 5.41) is 2.94. The highest BCUT2D eigenvalue weighted by molar-refractivity contribution is 6.32. The molecule has 0 aliphatic rings. The van der Waals surface area contributed by atoms with Crippen molar-refractivity contribution in [1.82, 2.24) is 14.9 Å². The van der Waals surface area contributed by atoms with Crippen molar-refractivity contribution in [2.75, 3.05) is 0 Å². The highest BCUT2D eigenvalue weighted by atomic mass is 35.5. The number of nitrogens with zero attached hydrogens (tertiary/aromatic N) is 2. The smallest absolute Gasteiger partial charge is 0.256 e. The summed E-state index contributed by atoms with van der Waals surface area (Å²) in [4.78, 5) is 15.7. The Kier molecular flexibility index (Phi) is 3.49. The number of aromatic nitrogens is 2. The third kappa shape index (κ3) is 2.88. The molecule has 2 aromatic rings. The maximum absolute atomic E-state index is 11.8. The van der Waals surface area contributed by atoms with Gasteiger partial charge in [-0.1, -0.05) is 0 Å². The Labute approximate surface area is 103 Å². The normalized spacial score (nSPS) is 12.4. The maximum atomic E-state index is 11.8. The minimum Gasteiger partial charge on any atom is -0.452 e. The summed E-state index contributed by atoms with van der Waals surface area (Å²) in [5.74, 6) is -0.239. The van der Waals surface area contributed by atoms with Gasteiger partial charge in [-0.05, 0) is 24.6 Å². The number of rotatable bonds is 4. The third-order valence-electron chi connectivity index (χ3n) is 2.28. The van der Waals surface area contributed by atoms with Gasteiger partial charge in [0.05, 0.1) is 18.2 Å². The lowest BCUT2D eigenvalue weighted by Crippen LogP contribution is -2.35. The van der Waals surface area contributed by atoms with Gasteiger partial charge >= 0.3 is 0 Å². The van der Waals surface area contributed by atoms with Crippen LogP contribution in [0.25, 0.3) is 0 Å². The molecule has 0 aliphatic carbocycles. The molecule has 5 nitrogen and oxygen atoms in total. The Balaban J connectivity index is 1.93. The van der Waals surface area contributed by atoms with E-state index in [4.69, 9.17) is 16.0 Å². The fraction of sp³-hybridized carbons (Fsp3) is 0.273. The van der Waals surface area contributed by atoms with Gasteiger partial charge in [-0.3, -0.25) is 4.79 Å². The fourth-order valence-corrected chi connectivity index (χ4v) is 1.71. The average Bonchev–Trinajstić information content (AvgIpc) is 2.88. The van der Waals surface area contributed by atoms with Crippen LogP contribution in [0.3, 0.4) is 0 Å². The highest BCUT2D eigenvalue weighted by Gasteiger charge is 2.15. The summed E-state index contributed by atoms with van der Waals surface area (Å²) in [6.07, 6.45) is 6.63. The average molecular weight is 254 g/mol. The fourth-order valence-electron chi connectivity index (χ4n) is 1.51. The van der Waals surface area contributed by atoms with Crippen molar-refractivity contribution in [3.63, 3.8) is 0 Å². The van der Waals surface area contributed by atoms with Crippen LogP contribution in [0.4, 0.5) is 0 Å². The van der Waals surface area contributed by atoms with Gasteiger partial charge in [0, 0.05) is 25.0 Å². The summed E-state index contributed by atoms with van der Waals surface area (Å²) in [6, 6.07) is 1.52. The van der Waals surface area contributed by atoms with Crippen LogP contribution in [0.5, 0.6) is 0 Å². The second kappa shape index (κ2) is 5.05. The van der Waals surface area contributed by atoms with Crippen LogP contribution in [0.2, 0.25) is 5.22 Å². The number of nitrogens with one attached hydrogen (secondary N) is 1. The molecule has 1 unspecified atom stereocenters. The molecule has 2 aromatic heterocycles. The number of furan rings is 1. The molecule has 1 amide bonds. The molecule has 0 spiro atoms. The third-order valence-corrected chi connectivity index (χ3v) is 2.58. The molecule has 0 saturated heterocycles. The molecule has 2 rings (SSSR count). The zero-order valence-corrected chi connectivity index (χ0v) is 10.0. The largest absolute Gasteiger partial charge is 0.452 e. The lowest BCUT2D eigenvalue weighted by atomic mass is 10.2. The molecular weight excluding hydrogens is 242 g/mol. The van der Waals surface area contributed by atoms with E-state index in [2.05, 4.69) is 10.3 Å². The summed E-state index contributed by atoms with van der Waals surface area (Å²) in [6.45, 7) is 2.56. The van der Waals surface area contributed by atoms with Crippen LogP contribution < -0.4 is 5.32 Å². The first kappa shape index (κ1) is 11.7. The van der Waals surface area contributed by atoms with Gasteiger partial charge in [0.15, 0.2) is 0 Å². The number of carbonyl (C=O) groups is 1. The lowest BCUT2D eigenvalue weighted by Gasteiger charge is -2.13. The molecule has 0 saturated carbocycles. The van der Waals surface area contributed by atoms with E-state index >= 15 is 0 Å². The van der Waals surface area contributed by atoms with Crippen molar-refractivity contribution in [1.29, 1.82) is 0 Å². The van der Waals surface area contributed by atoms with E-state index in [9.17, 15) is 4.79 Å². The molecule has 0 radical (unpaired) electrons. The SMILES string of the molecule is CC(Cn1ccnc1)NC(=O)c1ccoc1Cl. The summed E-state index contributed by atoms with van der Waals surface area (Å²) in [7, 11) is 0. The van der Waals surface area contributed by atoms with Crippen molar-refractivity contribution in [2.24, 2.45) is 0 Å². The number of amides is 1. The molecule has 90 valence electrons. The summed E-state index contributed by atoms with van der Waals surface area (Å²) >= 11 is 5.72. The minimum absolute atomic E-state index is 0.0253. The van der Waals surface area contributed by atoms with Crippen molar-refractivity contribution < 1.29 is 9.21 Å². The number of halogens is 1. The molecule has 6 heteroatoms. The minimum atomic E-state index is -0.239. The number of imidazole rings is 1. The first-order valence-corrected chi connectivity index (χ1v) is 5.54. The Morgan fingerprint density at radius 1 is 1.71 bits per heavy atom. The molecule has 2 heterocycles.